The number of amides is 1. The fourth-order valence-electron chi connectivity index (χ4n) is 1.99. The van der Waals surface area contributed by atoms with Gasteiger partial charge < -0.3 is 4.42 Å². The van der Waals surface area contributed by atoms with E-state index in [2.05, 4.69) is 4.99 Å². The third-order valence-corrected chi connectivity index (χ3v) is 4.15. The van der Waals surface area contributed by atoms with Crippen molar-refractivity contribution in [1.82, 2.24) is 4.90 Å². The first kappa shape index (κ1) is 13.7. The van der Waals surface area contributed by atoms with Gasteiger partial charge >= 0.3 is 0 Å². The van der Waals surface area contributed by atoms with Gasteiger partial charge in [-0.1, -0.05) is 24.3 Å². The molecule has 1 fully saturated rings. The van der Waals surface area contributed by atoms with Crippen LogP contribution in [0, 0.1) is 0 Å². The number of benzene rings is 1. The Morgan fingerprint density at radius 2 is 2.05 bits per heavy atom. The van der Waals surface area contributed by atoms with Crippen LogP contribution in [0.5, 0.6) is 0 Å². The van der Waals surface area contributed by atoms with Crippen molar-refractivity contribution < 1.29 is 9.21 Å². The molecule has 2 heterocycles. The number of furan rings is 1. The molecule has 0 saturated carbocycles. The molecule has 0 aliphatic carbocycles. The summed E-state index contributed by atoms with van der Waals surface area (Å²) >= 11 is 1.39. The number of rotatable bonds is 3. The molecular formula is C16H14N2O2S. The zero-order valence-corrected chi connectivity index (χ0v) is 12.3. The number of para-hydroxylation sites is 1. The molecule has 1 saturated heterocycles. The van der Waals surface area contributed by atoms with Gasteiger partial charge in [-0.15, -0.1) is 0 Å². The maximum Gasteiger partial charge on any atom is 0.266 e. The Kier molecular flexibility index (Phi) is 3.92. The van der Waals surface area contributed by atoms with Crippen LogP contribution in [0.2, 0.25) is 0 Å². The molecule has 2 aromatic rings. The van der Waals surface area contributed by atoms with Crippen molar-refractivity contribution in [3.05, 3.63) is 65.5 Å². The normalized spacial score (nSPS) is 18.9. The van der Waals surface area contributed by atoms with Crippen LogP contribution < -0.4 is 0 Å². The summed E-state index contributed by atoms with van der Waals surface area (Å²) in [6.07, 6.45) is 3.42. The van der Waals surface area contributed by atoms with Gasteiger partial charge in [0.05, 0.1) is 23.4 Å². The molecule has 1 aromatic heterocycles. The second kappa shape index (κ2) is 6.01. The molecule has 4 nitrogen and oxygen atoms in total. The Bertz CT molecular complexity index is 690. The maximum absolute atomic E-state index is 12.4. The van der Waals surface area contributed by atoms with Crippen molar-refractivity contribution in [2.24, 2.45) is 4.99 Å². The summed E-state index contributed by atoms with van der Waals surface area (Å²) in [7, 11) is 0. The number of hydrogen-bond acceptors (Lipinski definition) is 4. The zero-order chi connectivity index (χ0) is 14.7. The monoisotopic (exact) mass is 298 g/mol. The minimum absolute atomic E-state index is 0.0337. The van der Waals surface area contributed by atoms with Gasteiger partial charge in [0.15, 0.2) is 5.17 Å². The second-order valence-electron chi connectivity index (χ2n) is 4.46. The number of amidine groups is 1. The first-order chi connectivity index (χ1) is 10.3. The van der Waals surface area contributed by atoms with Crippen molar-refractivity contribution in [3.8, 4) is 0 Å². The molecule has 0 bridgehead atoms. The number of carbonyl (C=O) groups is 1. The Morgan fingerprint density at radius 1 is 1.24 bits per heavy atom. The van der Waals surface area contributed by atoms with Crippen LogP contribution in [0.25, 0.3) is 0 Å². The summed E-state index contributed by atoms with van der Waals surface area (Å²) in [6, 6.07) is 13.3. The molecule has 1 aromatic carbocycles. The third-order valence-electron chi connectivity index (χ3n) is 3.03. The summed E-state index contributed by atoms with van der Waals surface area (Å²) in [4.78, 5) is 19.3. The summed E-state index contributed by atoms with van der Waals surface area (Å²) in [5, 5.41) is 0.677. The standard InChI is InChI=1S/C16H14N2O2S/c1-2-14-15(19)18(11-13-9-6-10-20-13)16(21-14)17-12-7-4-3-5-8-12/h2-10H,11H2,1H3/b14-2-,17-16?. The van der Waals surface area contributed by atoms with Gasteiger partial charge in [-0.05, 0) is 43.0 Å². The molecule has 106 valence electrons. The Hall–Kier alpha value is -2.27. The highest BCUT2D eigenvalue weighted by Crippen LogP contribution is 2.33. The van der Waals surface area contributed by atoms with Crippen molar-refractivity contribution in [2.75, 3.05) is 0 Å². The van der Waals surface area contributed by atoms with E-state index in [1.807, 2.05) is 55.5 Å². The predicted octanol–water partition coefficient (Wildman–Crippen LogP) is 3.95. The lowest BCUT2D eigenvalue weighted by Crippen LogP contribution is -2.28. The topological polar surface area (TPSA) is 45.8 Å². The van der Waals surface area contributed by atoms with Crippen LogP contribution in [-0.2, 0) is 11.3 Å². The van der Waals surface area contributed by atoms with E-state index < -0.39 is 0 Å². The van der Waals surface area contributed by atoms with Crippen LogP contribution in [0.15, 0.2) is 69.1 Å². The van der Waals surface area contributed by atoms with E-state index in [0.29, 0.717) is 16.6 Å². The number of carbonyl (C=O) groups excluding carboxylic acids is 1. The van der Waals surface area contributed by atoms with Crippen LogP contribution in [0.1, 0.15) is 12.7 Å². The number of hydrogen-bond donors (Lipinski definition) is 0. The number of allylic oxidation sites excluding steroid dienone is 1. The summed E-state index contributed by atoms with van der Waals surface area (Å²) in [5.74, 6) is 0.704. The van der Waals surface area contributed by atoms with Gasteiger partial charge in [0.2, 0.25) is 0 Å². The van der Waals surface area contributed by atoms with E-state index in [4.69, 9.17) is 4.42 Å². The fourth-order valence-corrected chi connectivity index (χ4v) is 2.91. The zero-order valence-electron chi connectivity index (χ0n) is 11.5. The van der Waals surface area contributed by atoms with E-state index in [-0.39, 0.29) is 5.91 Å². The molecule has 1 aliphatic heterocycles. The molecule has 1 aliphatic rings. The summed E-state index contributed by atoms with van der Waals surface area (Å²) in [5.41, 5.74) is 0.828. The largest absolute Gasteiger partial charge is 0.467 e. The highest BCUT2D eigenvalue weighted by molar-refractivity contribution is 8.18. The Morgan fingerprint density at radius 3 is 2.71 bits per heavy atom. The van der Waals surface area contributed by atoms with Gasteiger partial charge in [-0.3, -0.25) is 9.69 Å². The lowest BCUT2D eigenvalue weighted by Gasteiger charge is -2.13. The molecule has 0 atom stereocenters. The first-order valence-electron chi connectivity index (χ1n) is 6.60. The minimum atomic E-state index is -0.0337. The molecule has 1 amide bonds. The maximum atomic E-state index is 12.4. The predicted molar refractivity (Wildman–Crippen MR) is 84.1 cm³/mol. The number of aliphatic imine (C=N–C) groups is 1. The molecule has 0 unspecified atom stereocenters. The number of nitrogens with zero attached hydrogens (tertiary/aromatic N) is 2. The van der Waals surface area contributed by atoms with Crippen molar-refractivity contribution in [1.29, 1.82) is 0 Å². The van der Waals surface area contributed by atoms with E-state index in [1.54, 1.807) is 11.2 Å². The van der Waals surface area contributed by atoms with Gasteiger partial charge in [0.25, 0.3) is 5.91 Å². The fraction of sp³-hybridized carbons (Fsp3) is 0.125. The van der Waals surface area contributed by atoms with E-state index in [1.165, 1.54) is 11.8 Å². The van der Waals surface area contributed by atoms with Crippen molar-refractivity contribution in [3.63, 3.8) is 0 Å². The Labute approximate surface area is 127 Å². The molecular weight excluding hydrogens is 284 g/mol. The number of thioether (sulfide) groups is 1. The van der Waals surface area contributed by atoms with Gasteiger partial charge in [-0.2, -0.15) is 0 Å². The van der Waals surface area contributed by atoms with Crippen LogP contribution in [0.3, 0.4) is 0 Å². The molecule has 5 heteroatoms. The smallest absolute Gasteiger partial charge is 0.266 e. The van der Waals surface area contributed by atoms with Crippen molar-refractivity contribution in [2.45, 2.75) is 13.5 Å². The molecule has 0 N–H and O–H groups in total. The highest BCUT2D eigenvalue weighted by Gasteiger charge is 2.33. The highest BCUT2D eigenvalue weighted by atomic mass is 32.2. The van der Waals surface area contributed by atoms with Gasteiger partial charge in [0.1, 0.15) is 5.76 Å². The SMILES string of the molecule is C/C=C1\SC(=Nc2ccccc2)N(Cc2ccco2)C1=O. The van der Waals surface area contributed by atoms with Crippen LogP contribution in [0.4, 0.5) is 5.69 Å². The summed E-state index contributed by atoms with van der Waals surface area (Å²) < 4.78 is 5.33. The lowest BCUT2D eigenvalue weighted by molar-refractivity contribution is -0.122. The van der Waals surface area contributed by atoms with E-state index in [9.17, 15) is 4.79 Å². The van der Waals surface area contributed by atoms with Crippen molar-refractivity contribution >= 4 is 28.5 Å². The van der Waals surface area contributed by atoms with Crippen LogP contribution >= 0.6 is 11.8 Å². The Balaban J connectivity index is 1.93. The van der Waals surface area contributed by atoms with Gasteiger partial charge in [-0.25, -0.2) is 4.99 Å². The summed E-state index contributed by atoms with van der Waals surface area (Å²) in [6.45, 7) is 2.25. The minimum Gasteiger partial charge on any atom is -0.467 e. The third kappa shape index (κ3) is 2.92. The lowest BCUT2D eigenvalue weighted by atomic mass is 10.3. The van der Waals surface area contributed by atoms with E-state index >= 15 is 0 Å². The first-order valence-corrected chi connectivity index (χ1v) is 7.41. The average Bonchev–Trinajstić information content (AvgIpc) is 3.11. The van der Waals surface area contributed by atoms with Gasteiger partial charge in [0, 0.05) is 0 Å². The molecule has 21 heavy (non-hydrogen) atoms. The molecule has 3 rings (SSSR count). The quantitative estimate of drug-likeness (QED) is 0.806. The molecule has 0 spiro atoms. The average molecular weight is 298 g/mol. The van der Waals surface area contributed by atoms with E-state index in [0.717, 1.165) is 11.4 Å². The molecule has 0 radical (unpaired) electrons. The second-order valence-corrected chi connectivity index (χ2v) is 5.46. The van der Waals surface area contributed by atoms with Crippen LogP contribution in [-0.4, -0.2) is 16.0 Å².